The van der Waals surface area contributed by atoms with Crippen LogP contribution in [-0.2, 0) is 0 Å². The Morgan fingerprint density at radius 2 is 1.94 bits per heavy atom. The molecule has 0 aromatic carbocycles. The van der Waals surface area contributed by atoms with Crippen LogP contribution in [0.25, 0.3) is 27.4 Å². The van der Waals surface area contributed by atoms with Crippen LogP contribution < -0.4 is 10.2 Å². The van der Waals surface area contributed by atoms with Gasteiger partial charge in [0, 0.05) is 31.0 Å². The van der Waals surface area contributed by atoms with Crippen LogP contribution >= 0.6 is 23.7 Å². The van der Waals surface area contributed by atoms with Gasteiger partial charge in [-0.05, 0) is 50.8 Å². The molecule has 1 saturated carbocycles. The zero-order valence-corrected chi connectivity index (χ0v) is 18.9. The lowest BCUT2D eigenvalue weighted by Crippen LogP contribution is -2.50. The summed E-state index contributed by atoms with van der Waals surface area (Å²) in [7, 11) is 2.15. The van der Waals surface area contributed by atoms with Gasteiger partial charge < -0.3 is 14.6 Å². The summed E-state index contributed by atoms with van der Waals surface area (Å²) in [6, 6.07) is 1.98. The summed E-state index contributed by atoms with van der Waals surface area (Å²) >= 11 is 1.58. The number of aryl methyl sites for hydroxylation is 1. The first-order valence-electron chi connectivity index (χ1n) is 10.3. The molecule has 1 aliphatic carbocycles. The zero-order valence-electron chi connectivity index (χ0n) is 17.2. The minimum Gasteiger partial charge on any atom is -0.347 e. The number of rotatable bonds is 3. The Hall–Kier alpha value is -2.36. The van der Waals surface area contributed by atoms with Crippen LogP contribution in [0.3, 0.4) is 0 Å². The molecule has 1 unspecified atom stereocenters. The van der Waals surface area contributed by atoms with Crippen LogP contribution in [0.5, 0.6) is 0 Å². The molecule has 2 bridgehead atoms. The predicted octanol–water partition coefficient (Wildman–Crippen LogP) is 3.70. The fourth-order valence-corrected chi connectivity index (χ4v) is 6.05. The molecule has 5 heterocycles. The van der Waals surface area contributed by atoms with E-state index in [1.807, 2.05) is 13.1 Å². The molecular weight excluding hydrogens is 437 g/mol. The molecule has 0 amide bonds. The lowest BCUT2D eigenvalue weighted by Gasteiger charge is -2.37. The molecule has 4 aromatic heterocycles. The Balaban J connectivity index is 0.00000204. The second-order valence-corrected chi connectivity index (χ2v) is 9.38. The third-order valence-electron chi connectivity index (χ3n) is 6.46. The van der Waals surface area contributed by atoms with Gasteiger partial charge >= 0.3 is 0 Å². The number of aromatic nitrogens is 5. The molecule has 31 heavy (non-hydrogen) atoms. The number of piperidine rings is 1. The van der Waals surface area contributed by atoms with E-state index in [1.165, 1.54) is 18.9 Å². The van der Waals surface area contributed by atoms with Gasteiger partial charge in [0.2, 0.25) is 0 Å². The first-order valence-corrected chi connectivity index (χ1v) is 11.1. The molecule has 1 N–H and O–H groups in total. The Kier molecular flexibility index (Phi) is 5.07. The van der Waals surface area contributed by atoms with E-state index in [9.17, 15) is 4.39 Å². The number of thiazole rings is 1. The number of nitrogens with zero attached hydrogens (tertiary/aromatic N) is 6. The maximum Gasteiger partial charge on any atom is 0.188 e. The highest BCUT2D eigenvalue weighted by Gasteiger charge is 2.42. The van der Waals surface area contributed by atoms with Crippen LogP contribution in [0.4, 0.5) is 9.52 Å². The quantitative estimate of drug-likeness (QED) is 0.503. The van der Waals surface area contributed by atoms with E-state index in [0.717, 1.165) is 34.3 Å². The number of anilines is 1. The number of imidazole rings is 1. The summed E-state index contributed by atoms with van der Waals surface area (Å²) in [5.74, 6) is 1.47. The van der Waals surface area contributed by atoms with Gasteiger partial charge in [0.15, 0.2) is 22.4 Å². The van der Waals surface area contributed by atoms with Gasteiger partial charge in [-0.3, -0.25) is 0 Å². The Labute approximate surface area is 189 Å². The molecule has 0 spiro atoms. The third-order valence-corrected chi connectivity index (χ3v) is 7.52. The Morgan fingerprint density at radius 1 is 1.16 bits per heavy atom. The summed E-state index contributed by atoms with van der Waals surface area (Å²) in [5.41, 5.74) is 2.49. The molecule has 3 atom stereocenters. The van der Waals surface area contributed by atoms with E-state index < -0.39 is 0 Å². The molecule has 4 aromatic rings. The third kappa shape index (κ3) is 3.35. The summed E-state index contributed by atoms with van der Waals surface area (Å²) in [6.45, 7) is 4.02. The van der Waals surface area contributed by atoms with Gasteiger partial charge in [-0.25, -0.2) is 24.3 Å². The van der Waals surface area contributed by atoms with Crippen molar-refractivity contribution in [2.45, 2.75) is 25.8 Å². The van der Waals surface area contributed by atoms with Crippen LogP contribution in [0.2, 0.25) is 0 Å². The van der Waals surface area contributed by atoms with Gasteiger partial charge in [-0.15, -0.1) is 12.4 Å². The molecule has 10 heteroatoms. The normalized spacial score (nSPS) is 22.7. The minimum absolute atomic E-state index is 0. The lowest BCUT2D eigenvalue weighted by atomic mass is 9.93. The van der Waals surface area contributed by atoms with Gasteiger partial charge in [0.05, 0.1) is 11.9 Å². The van der Waals surface area contributed by atoms with Crippen molar-refractivity contribution in [2.24, 2.45) is 11.8 Å². The van der Waals surface area contributed by atoms with Gasteiger partial charge in [-0.2, -0.15) is 0 Å². The summed E-state index contributed by atoms with van der Waals surface area (Å²) in [4.78, 5) is 21.3. The Bertz CT molecular complexity index is 1260. The number of fused-ring (bicyclic) bond motifs is 4. The first-order chi connectivity index (χ1) is 14.6. The second-order valence-electron chi connectivity index (χ2n) is 8.43. The van der Waals surface area contributed by atoms with Gasteiger partial charge in [0.1, 0.15) is 10.3 Å². The maximum atomic E-state index is 14.5. The van der Waals surface area contributed by atoms with Crippen LogP contribution in [-0.4, -0.2) is 50.5 Å². The number of pyridine rings is 1. The van der Waals surface area contributed by atoms with E-state index in [4.69, 9.17) is 9.97 Å². The summed E-state index contributed by atoms with van der Waals surface area (Å²) in [6.07, 6.45) is 7.92. The van der Waals surface area contributed by atoms with E-state index in [1.54, 1.807) is 28.1 Å². The van der Waals surface area contributed by atoms with Crippen molar-refractivity contribution in [3.8, 4) is 11.4 Å². The molecule has 162 valence electrons. The van der Waals surface area contributed by atoms with Crippen molar-refractivity contribution in [3.63, 3.8) is 0 Å². The highest BCUT2D eigenvalue weighted by molar-refractivity contribution is 7.21. The summed E-state index contributed by atoms with van der Waals surface area (Å²) in [5, 5.41) is 4.53. The average molecular weight is 460 g/mol. The molecule has 0 radical (unpaired) electrons. The van der Waals surface area contributed by atoms with Crippen molar-refractivity contribution in [3.05, 3.63) is 36.2 Å². The number of hydrogen-bond donors (Lipinski definition) is 1. The van der Waals surface area contributed by atoms with E-state index >= 15 is 0 Å². The molecule has 2 fully saturated rings. The SMILES string of the molecule is Cc1cn2cc(-c3ncc4nc(N(C)C5[C@@H]6CC[C@H]5CNC6)sc4n3)cc(F)c2n1.Cl. The molecular formula is C21H23ClFN7S. The van der Waals surface area contributed by atoms with Crippen molar-refractivity contribution in [1.29, 1.82) is 0 Å². The standard InChI is InChI=1S/C21H22FN7S.ClH/c1-11-9-29-10-14(5-15(22)19(29)25-11)18-24-8-16-20(27-18)30-21(26-16)28(2)17-12-3-4-13(17)7-23-6-12;/h5,8-10,12-13,17,23H,3-4,6-7H2,1-2H3;1H/t12-,13+,17?;. The minimum atomic E-state index is -0.379. The smallest absolute Gasteiger partial charge is 0.188 e. The van der Waals surface area contributed by atoms with Crippen molar-refractivity contribution in [2.75, 3.05) is 25.0 Å². The van der Waals surface area contributed by atoms with E-state index in [2.05, 4.69) is 27.2 Å². The number of nitrogens with one attached hydrogen (secondary N) is 1. The molecule has 6 rings (SSSR count). The highest BCUT2D eigenvalue weighted by Crippen LogP contribution is 2.40. The molecule has 2 aliphatic rings. The Morgan fingerprint density at radius 3 is 2.71 bits per heavy atom. The van der Waals surface area contributed by atoms with Crippen molar-refractivity contribution >= 4 is 44.9 Å². The van der Waals surface area contributed by atoms with Gasteiger partial charge in [0.25, 0.3) is 0 Å². The van der Waals surface area contributed by atoms with Crippen LogP contribution in [0.1, 0.15) is 18.5 Å². The number of halogens is 2. The molecule has 1 saturated heterocycles. The second kappa shape index (κ2) is 7.65. The maximum absolute atomic E-state index is 14.5. The largest absolute Gasteiger partial charge is 0.347 e. The first kappa shape index (κ1) is 20.5. The highest BCUT2D eigenvalue weighted by atomic mass is 35.5. The van der Waals surface area contributed by atoms with Crippen LogP contribution in [0, 0.1) is 24.6 Å². The fraction of sp³-hybridized carbons (Fsp3) is 0.429. The predicted molar refractivity (Wildman–Crippen MR) is 123 cm³/mol. The average Bonchev–Trinajstić information content (AvgIpc) is 3.40. The molecule has 7 nitrogen and oxygen atoms in total. The zero-order chi connectivity index (χ0) is 20.4. The topological polar surface area (TPSA) is 71.2 Å². The van der Waals surface area contributed by atoms with Crippen molar-refractivity contribution in [1.82, 2.24) is 29.7 Å². The lowest BCUT2D eigenvalue weighted by molar-refractivity contribution is 0.314. The van der Waals surface area contributed by atoms with E-state index in [0.29, 0.717) is 34.9 Å². The number of hydrogen-bond acceptors (Lipinski definition) is 7. The van der Waals surface area contributed by atoms with Crippen molar-refractivity contribution < 1.29 is 4.39 Å². The van der Waals surface area contributed by atoms with E-state index in [-0.39, 0.29) is 18.2 Å². The van der Waals surface area contributed by atoms with Gasteiger partial charge in [-0.1, -0.05) is 11.3 Å². The summed E-state index contributed by atoms with van der Waals surface area (Å²) < 4.78 is 16.2. The fourth-order valence-electron chi connectivity index (χ4n) is 5.13. The van der Waals surface area contributed by atoms with Crippen LogP contribution in [0.15, 0.2) is 24.7 Å². The monoisotopic (exact) mass is 459 g/mol. The molecule has 1 aliphatic heterocycles.